The van der Waals surface area contributed by atoms with Crippen LogP contribution in [0.25, 0.3) is 0 Å². The third kappa shape index (κ3) is 9.52. The summed E-state index contributed by atoms with van der Waals surface area (Å²) < 4.78 is 0. The average molecular weight is 214 g/mol. The van der Waals surface area contributed by atoms with Crippen LogP contribution in [0.4, 0.5) is 0 Å². The van der Waals surface area contributed by atoms with E-state index in [-0.39, 0.29) is 37.1 Å². The largest absolute Gasteiger partial charge is 0.0776 e. The van der Waals surface area contributed by atoms with Crippen molar-refractivity contribution in [1.82, 2.24) is 0 Å². The van der Waals surface area contributed by atoms with Gasteiger partial charge in [-0.25, -0.2) is 0 Å². The standard InChI is InChI=1S/C10H14.5CH4/c1-3-9-6-5-7-10(4-2)8-9;;;;;/h5-8H,3-4H2,1-2H3;5*1H4. The summed E-state index contributed by atoms with van der Waals surface area (Å²) in [4.78, 5) is 0. The molecule has 0 fully saturated rings. The summed E-state index contributed by atoms with van der Waals surface area (Å²) in [6.07, 6.45) is 2.29. The van der Waals surface area contributed by atoms with Crippen LogP contribution in [-0.2, 0) is 12.8 Å². The summed E-state index contributed by atoms with van der Waals surface area (Å²) in [6.45, 7) is 4.38. The van der Waals surface area contributed by atoms with Gasteiger partial charge >= 0.3 is 0 Å². The van der Waals surface area contributed by atoms with Gasteiger partial charge in [0.1, 0.15) is 0 Å². The lowest BCUT2D eigenvalue weighted by atomic mass is 10.1. The van der Waals surface area contributed by atoms with Crippen LogP contribution in [0.15, 0.2) is 24.3 Å². The molecule has 0 saturated heterocycles. The molecule has 0 atom stereocenters. The summed E-state index contributed by atoms with van der Waals surface area (Å²) >= 11 is 0. The summed E-state index contributed by atoms with van der Waals surface area (Å²) in [5.74, 6) is 0. The van der Waals surface area contributed by atoms with E-state index in [0.717, 1.165) is 12.8 Å². The highest BCUT2D eigenvalue weighted by Gasteiger charge is 1.89. The van der Waals surface area contributed by atoms with Crippen LogP contribution in [0.2, 0.25) is 0 Å². The van der Waals surface area contributed by atoms with Gasteiger partial charge < -0.3 is 0 Å². The molecule has 0 saturated carbocycles. The van der Waals surface area contributed by atoms with E-state index in [2.05, 4.69) is 38.1 Å². The molecular formula is C15H34. The lowest BCUT2D eigenvalue weighted by Crippen LogP contribution is -1.83. The normalized spacial score (nSPS) is 6.53. The predicted octanol–water partition coefficient (Wildman–Crippen LogP) is 5.99. The number of hydrogen-bond donors (Lipinski definition) is 0. The summed E-state index contributed by atoms with van der Waals surface area (Å²) in [5.41, 5.74) is 2.89. The highest BCUT2D eigenvalue weighted by Crippen LogP contribution is 2.05. The van der Waals surface area contributed by atoms with E-state index >= 15 is 0 Å². The quantitative estimate of drug-likeness (QED) is 0.567. The first-order valence-electron chi connectivity index (χ1n) is 3.94. The third-order valence-electron chi connectivity index (χ3n) is 1.81. The maximum atomic E-state index is 2.28. The molecule has 0 aliphatic carbocycles. The molecule has 0 radical (unpaired) electrons. The van der Waals surface area contributed by atoms with E-state index in [0.29, 0.717) is 0 Å². The fourth-order valence-electron chi connectivity index (χ4n) is 1.07. The van der Waals surface area contributed by atoms with E-state index in [1.165, 1.54) is 11.1 Å². The second kappa shape index (κ2) is 15.7. The molecule has 0 unspecified atom stereocenters. The molecule has 0 aromatic heterocycles. The van der Waals surface area contributed by atoms with Crippen molar-refractivity contribution in [2.45, 2.75) is 63.8 Å². The Morgan fingerprint density at radius 3 is 1.33 bits per heavy atom. The van der Waals surface area contributed by atoms with Crippen molar-refractivity contribution in [3.63, 3.8) is 0 Å². The molecule has 1 aromatic carbocycles. The fraction of sp³-hybridized carbons (Fsp3) is 0.600. The molecule has 0 bridgehead atoms. The van der Waals surface area contributed by atoms with Gasteiger partial charge in [-0.3, -0.25) is 0 Å². The lowest BCUT2D eigenvalue weighted by molar-refractivity contribution is 1.09. The Hall–Kier alpha value is -0.780. The monoisotopic (exact) mass is 214 g/mol. The maximum absolute atomic E-state index is 2.28. The summed E-state index contributed by atoms with van der Waals surface area (Å²) in [5, 5.41) is 0. The first-order valence-corrected chi connectivity index (χ1v) is 3.94. The second-order valence-electron chi connectivity index (χ2n) is 2.53. The Morgan fingerprint density at radius 1 is 0.733 bits per heavy atom. The maximum Gasteiger partial charge on any atom is -0.0307 e. The predicted molar refractivity (Wildman–Crippen MR) is 78.9 cm³/mol. The highest BCUT2D eigenvalue weighted by atomic mass is 13.9. The smallest absolute Gasteiger partial charge is 0.0307 e. The third-order valence-corrected chi connectivity index (χ3v) is 1.81. The number of benzene rings is 1. The Labute approximate surface area is 99.7 Å². The van der Waals surface area contributed by atoms with E-state index < -0.39 is 0 Å². The average Bonchev–Trinajstić information content (AvgIpc) is 2.05. The van der Waals surface area contributed by atoms with Crippen LogP contribution in [0, 0.1) is 0 Å². The van der Waals surface area contributed by atoms with Crippen molar-refractivity contribution in [3.05, 3.63) is 35.4 Å². The summed E-state index contributed by atoms with van der Waals surface area (Å²) in [7, 11) is 0. The molecule has 0 nitrogen and oxygen atoms in total. The van der Waals surface area contributed by atoms with Gasteiger partial charge in [0.05, 0.1) is 0 Å². The molecule has 0 N–H and O–H groups in total. The topological polar surface area (TPSA) is 0 Å². The Balaban J connectivity index is -0.0000000667. The van der Waals surface area contributed by atoms with Crippen LogP contribution in [0.5, 0.6) is 0 Å². The molecule has 0 aliphatic heterocycles. The number of aryl methyl sites for hydroxylation is 2. The van der Waals surface area contributed by atoms with E-state index in [9.17, 15) is 0 Å². The van der Waals surface area contributed by atoms with E-state index in [1.54, 1.807) is 0 Å². The zero-order chi connectivity index (χ0) is 7.40. The molecule has 1 rings (SSSR count). The molecule has 0 amide bonds. The zero-order valence-corrected chi connectivity index (χ0v) is 6.72. The fourth-order valence-corrected chi connectivity index (χ4v) is 1.07. The lowest BCUT2D eigenvalue weighted by Gasteiger charge is -1.98. The van der Waals surface area contributed by atoms with Crippen molar-refractivity contribution in [2.24, 2.45) is 0 Å². The van der Waals surface area contributed by atoms with E-state index in [4.69, 9.17) is 0 Å². The van der Waals surface area contributed by atoms with Crippen molar-refractivity contribution in [2.75, 3.05) is 0 Å². The molecule has 94 valence electrons. The second-order valence-corrected chi connectivity index (χ2v) is 2.53. The van der Waals surface area contributed by atoms with Crippen LogP contribution in [0.1, 0.15) is 62.1 Å². The first-order chi connectivity index (χ1) is 4.86. The molecule has 0 spiro atoms. The van der Waals surface area contributed by atoms with Gasteiger partial charge in [-0.2, -0.15) is 0 Å². The highest BCUT2D eigenvalue weighted by molar-refractivity contribution is 5.23. The minimum absolute atomic E-state index is 0. The van der Waals surface area contributed by atoms with Crippen LogP contribution >= 0.6 is 0 Å². The van der Waals surface area contributed by atoms with Crippen LogP contribution in [-0.4, -0.2) is 0 Å². The first kappa shape index (κ1) is 29.2. The van der Waals surface area contributed by atoms with Crippen LogP contribution in [0.3, 0.4) is 0 Å². The van der Waals surface area contributed by atoms with Gasteiger partial charge in [0, 0.05) is 0 Å². The Kier molecular flexibility index (Phi) is 30.6. The molecule has 0 heteroatoms. The van der Waals surface area contributed by atoms with Crippen molar-refractivity contribution in [1.29, 1.82) is 0 Å². The van der Waals surface area contributed by atoms with Gasteiger partial charge in [0.2, 0.25) is 0 Å². The molecule has 0 aliphatic rings. The van der Waals surface area contributed by atoms with Gasteiger partial charge in [-0.05, 0) is 24.0 Å². The van der Waals surface area contributed by atoms with Gasteiger partial charge in [-0.15, -0.1) is 0 Å². The molecule has 1 aromatic rings. The Morgan fingerprint density at radius 2 is 1.07 bits per heavy atom. The van der Waals surface area contributed by atoms with E-state index in [1.807, 2.05) is 0 Å². The van der Waals surface area contributed by atoms with Gasteiger partial charge in [-0.1, -0.05) is 75.2 Å². The molecule has 0 heterocycles. The Bertz CT molecular complexity index is 182. The summed E-state index contributed by atoms with van der Waals surface area (Å²) in [6, 6.07) is 8.77. The minimum Gasteiger partial charge on any atom is -0.0776 e. The van der Waals surface area contributed by atoms with Crippen LogP contribution < -0.4 is 0 Å². The van der Waals surface area contributed by atoms with Gasteiger partial charge in [0.25, 0.3) is 0 Å². The molecule has 15 heavy (non-hydrogen) atoms. The molecular weight excluding hydrogens is 180 g/mol. The van der Waals surface area contributed by atoms with Crippen molar-refractivity contribution < 1.29 is 0 Å². The van der Waals surface area contributed by atoms with Gasteiger partial charge in [0.15, 0.2) is 0 Å². The zero-order valence-electron chi connectivity index (χ0n) is 6.72. The SMILES string of the molecule is C.C.C.C.C.CCc1cccc(CC)c1. The minimum atomic E-state index is 0. The number of rotatable bonds is 2. The van der Waals surface area contributed by atoms with Crippen molar-refractivity contribution in [3.8, 4) is 0 Å². The number of hydrogen-bond acceptors (Lipinski definition) is 0. The van der Waals surface area contributed by atoms with Crippen molar-refractivity contribution >= 4 is 0 Å².